The van der Waals surface area contributed by atoms with Gasteiger partial charge in [-0.05, 0) is 56.3 Å². The first-order chi connectivity index (χ1) is 15.1. The first-order valence-corrected chi connectivity index (χ1v) is 11.5. The lowest BCUT2D eigenvalue weighted by atomic mass is 9.91. The van der Waals surface area contributed by atoms with Crippen LogP contribution in [0.15, 0.2) is 53.6 Å². The van der Waals surface area contributed by atoms with Crippen molar-refractivity contribution in [3.63, 3.8) is 0 Å². The second-order valence-corrected chi connectivity index (χ2v) is 9.30. The van der Waals surface area contributed by atoms with Crippen LogP contribution in [-0.4, -0.2) is 29.0 Å². The molecule has 0 bridgehead atoms. The van der Waals surface area contributed by atoms with Gasteiger partial charge in [-0.3, -0.25) is 9.78 Å². The standard InChI is InChI=1S/C24H23N3O4S/c1-14-11-12-19(22-15(2)16(3)26-17(4)21(14)22)23(28)20-13-25-27(5)24(20)31-32(29,30)18-9-7-6-8-10-18/h6-13H,1-5H3. The van der Waals surface area contributed by atoms with Gasteiger partial charge in [-0.1, -0.05) is 30.3 Å². The van der Waals surface area contributed by atoms with Gasteiger partial charge < -0.3 is 4.18 Å². The summed E-state index contributed by atoms with van der Waals surface area (Å²) in [5.41, 5.74) is 4.11. The molecule has 4 rings (SSSR count). The summed E-state index contributed by atoms with van der Waals surface area (Å²) in [6.07, 6.45) is 1.33. The fourth-order valence-electron chi connectivity index (χ4n) is 3.89. The molecule has 2 aromatic heterocycles. The Labute approximate surface area is 186 Å². The molecular weight excluding hydrogens is 426 g/mol. The predicted molar refractivity (Wildman–Crippen MR) is 122 cm³/mol. The maximum absolute atomic E-state index is 13.7. The minimum Gasteiger partial charge on any atom is -0.358 e. The molecule has 0 aliphatic heterocycles. The van der Waals surface area contributed by atoms with E-state index in [2.05, 4.69) is 10.1 Å². The lowest BCUT2D eigenvalue weighted by Crippen LogP contribution is -2.15. The van der Waals surface area contributed by atoms with E-state index in [1.54, 1.807) is 24.3 Å². The average Bonchev–Trinajstić information content (AvgIpc) is 3.11. The summed E-state index contributed by atoms with van der Waals surface area (Å²) in [7, 11) is -2.61. The van der Waals surface area contributed by atoms with E-state index in [0.717, 1.165) is 33.3 Å². The molecule has 2 aromatic carbocycles. The van der Waals surface area contributed by atoms with E-state index in [4.69, 9.17) is 4.18 Å². The number of rotatable bonds is 5. The van der Waals surface area contributed by atoms with Crippen LogP contribution in [-0.2, 0) is 17.2 Å². The zero-order valence-corrected chi connectivity index (χ0v) is 19.3. The van der Waals surface area contributed by atoms with Gasteiger partial charge in [0.05, 0.1) is 6.20 Å². The summed E-state index contributed by atoms with van der Waals surface area (Å²) >= 11 is 0. The molecule has 0 aliphatic carbocycles. The van der Waals surface area contributed by atoms with Crippen LogP contribution in [0.1, 0.15) is 38.4 Å². The van der Waals surface area contributed by atoms with E-state index in [-0.39, 0.29) is 22.1 Å². The van der Waals surface area contributed by atoms with E-state index in [1.165, 1.54) is 30.1 Å². The highest BCUT2D eigenvalue weighted by molar-refractivity contribution is 7.87. The zero-order chi connectivity index (χ0) is 23.2. The van der Waals surface area contributed by atoms with Crippen LogP contribution in [0, 0.1) is 27.7 Å². The van der Waals surface area contributed by atoms with Crippen LogP contribution in [0.3, 0.4) is 0 Å². The molecule has 0 aliphatic rings. The molecule has 32 heavy (non-hydrogen) atoms. The summed E-state index contributed by atoms with van der Waals surface area (Å²) in [6, 6.07) is 11.4. The lowest BCUT2D eigenvalue weighted by Gasteiger charge is -2.15. The Morgan fingerprint density at radius 1 is 0.906 bits per heavy atom. The van der Waals surface area contributed by atoms with Crippen LogP contribution in [0.2, 0.25) is 0 Å². The minimum atomic E-state index is -4.14. The number of carbonyl (C=O) groups excluding carboxylic acids is 1. The molecule has 0 amide bonds. The normalized spacial score (nSPS) is 11.7. The SMILES string of the molecule is Cc1nc(C)c2c(C)ccc(C(=O)c3cnn(C)c3OS(=O)(=O)c3ccccc3)c2c1C. The number of benzene rings is 2. The lowest BCUT2D eigenvalue weighted by molar-refractivity contribution is 0.103. The van der Waals surface area contributed by atoms with Crippen LogP contribution < -0.4 is 4.18 Å². The second kappa shape index (κ2) is 7.87. The Balaban J connectivity index is 1.87. The van der Waals surface area contributed by atoms with Crippen LogP contribution in [0.25, 0.3) is 10.8 Å². The van der Waals surface area contributed by atoms with Gasteiger partial charge in [0.1, 0.15) is 10.5 Å². The van der Waals surface area contributed by atoms with Gasteiger partial charge in [0.15, 0.2) is 0 Å². The molecule has 2 heterocycles. The number of aryl methyl sites for hydroxylation is 5. The number of fused-ring (bicyclic) bond motifs is 1. The average molecular weight is 450 g/mol. The van der Waals surface area contributed by atoms with Crippen molar-refractivity contribution >= 4 is 26.7 Å². The van der Waals surface area contributed by atoms with Crippen molar-refractivity contribution < 1.29 is 17.4 Å². The van der Waals surface area contributed by atoms with Crippen LogP contribution in [0.4, 0.5) is 0 Å². The minimum absolute atomic E-state index is 0.00597. The van der Waals surface area contributed by atoms with Gasteiger partial charge in [-0.15, -0.1) is 0 Å². The Hall–Kier alpha value is -3.52. The third kappa shape index (κ3) is 3.56. The molecule has 8 heteroatoms. The van der Waals surface area contributed by atoms with E-state index < -0.39 is 10.1 Å². The quantitative estimate of drug-likeness (QED) is 0.335. The zero-order valence-electron chi connectivity index (χ0n) is 18.5. The fourth-order valence-corrected chi connectivity index (χ4v) is 4.88. The van der Waals surface area contributed by atoms with Gasteiger partial charge >= 0.3 is 10.1 Å². The van der Waals surface area contributed by atoms with E-state index in [0.29, 0.717) is 5.56 Å². The molecule has 0 fully saturated rings. The van der Waals surface area contributed by atoms with Gasteiger partial charge in [-0.25, -0.2) is 4.68 Å². The summed E-state index contributed by atoms with van der Waals surface area (Å²) in [5.74, 6) is -0.498. The number of aromatic nitrogens is 3. The first kappa shape index (κ1) is 21.7. The van der Waals surface area contributed by atoms with Gasteiger partial charge in [0.25, 0.3) is 0 Å². The predicted octanol–water partition coefficient (Wildman–Crippen LogP) is 4.20. The van der Waals surface area contributed by atoms with Crippen molar-refractivity contribution in [1.29, 1.82) is 0 Å². The van der Waals surface area contributed by atoms with Crippen molar-refractivity contribution in [3.8, 4) is 5.88 Å². The number of pyridine rings is 1. The maximum Gasteiger partial charge on any atom is 0.340 e. The molecule has 0 unspecified atom stereocenters. The van der Waals surface area contributed by atoms with Crippen LogP contribution in [0.5, 0.6) is 5.88 Å². The van der Waals surface area contributed by atoms with Crippen LogP contribution >= 0.6 is 0 Å². The molecule has 0 saturated heterocycles. The number of carbonyl (C=O) groups is 1. The second-order valence-electron chi connectivity index (χ2n) is 7.75. The van der Waals surface area contributed by atoms with E-state index in [1.807, 2.05) is 33.8 Å². The van der Waals surface area contributed by atoms with Crippen molar-refractivity contribution in [1.82, 2.24) is 14.8 Å². The monoisotopic (exact) mass is 449 g/mol. The van der Waals surface area contributed by atoms with Gasteiger partial charge in [0.2, 0.25) is 11.7 Å². The highest BCUT2D eigenvalue weighted by atomic mass is 32.2. The topological polar surface area (TPSA) is 91.2 Å². The number of hydrogen-bond acceptors (Lipinski definition) is 6. The molecule has 0 N–H and O–H groups in total. The molecule has 4 aromatic rings. The summed E-state index contributed by atoms with van der Waals surface area (Å²) in [5, 5.41) is 5.82. The molecule has 0 spiro atoms. The fraction of sp³-hybridized carbons (Fsp3) is 0.208. The summed E-state index contributed by atoms with van der Waals surface area (Å²) < 4.78 is 32.2. The van der Waals surface area contributed by atoms with Gasteiger partial charge in [-0.2, -0.15) is 13.5 Å². The molecule has 164 valence electrons. The smallest absolute Gasteiger partial charge is 0.340 e. The Bertz CT molecular complexity index is 1470. The first-order valence-electron chi connectivity index (χ1n) is 10.0. The molecule has 0 atom stereocenters. The molecule has 0 saturated carbocycles. The third-order valence-corrected chi connectivity index (χ3v) is 6.85. The Morgan fingerprint density at radius 2 is 1.59 bits per heavy atom. The van der Waals surface area contributed by atoms with Crippen molar-refractivity contribution in [2.75, 3.05) is 0 Å². The maximum atomic E-state index is 13.7. The van der Waals surface area contributed by atoms with Crippen molar-refractivity contribution in [2.45, 2.75) is 32.6 Å². The largest absolute Gasteiger partial charge is 0.358 e. The number of ketones is 1. The summed E-state index contributed by atoms with van der Waals surface area (Å²) in [4.78, 5) is 18.3. The molecule has 7 nitrogen and oxygen atoms in total. The van der Waals surface area contributed by atoms with Gasteiger partial charge in [0, 0.05) is 29.4 Å². The summed E-state index contributed by atoms with van der Waals surface area (Å²) in [6.45, 7) is 7.73. The van der Waals surface area contributed by atoms with Crippen molar-refractivity contribution in [3.05, 3.63) is 82.3 Å². The van der Waals surface area contributed by atoms with Crippen molar-refractivity contribution in [2.24, 2.45) is 7.05 Å². The number of hydrogen-bond donors (Lipinski definition) is 0. The highest BCUT2D eigenvalue weighted by Gasteiger charge is 2.27. The molecular formula is C24H23N3O4S. The Morgan fingerprint density at radius 3 is 2.28 bits per heavy atom. The van der Waals surface area contributed by atoms with E-state index in [9.17, 15) is 13.2 Å². The van der Waals surface area contributed by atoms with E-state index >= 15 is 0 Å². The Kier molecular flexibility index (Phi) is 5.34. The number of nitrogens with zero attached hydrogens (tertiary/aromatic N) is 3. The third-order valence-electron chi connectivity index (χ3n) is 5.62. The highest BCUT2D eigenvalue weighted by Crippen LogP contribution is 2.33. The molecule has 0 radical (unpaired) electrons.